The Morgan fingerprint density at radius 2 is 1.84 bits per heavy atom. The van der Waals surface area contributed by atoms with Crippen LogP contribution in [-0.2, 0) is 13.0 Å². The summed E-state index contributed by atoms with van der Waals surface area (Å²) in [5.74, 6) is 2.20. The molecular weight excluding hydrogens is 262 g/mol. The van der Waals surface area contributed by atoms with Crippen LogP contribution < -0.4 is 9.47 Å². The first-order chi connectivity index (χ1) is 9.28. The van der Waals surface area contributed by atoms with Gasteiger partial charge in [0.1, 0.15) is 0 Å². The molecule has 0 bridgehead atoms. The molecule has 104 valence electrons. The average Bonchev–Trinajstić information content (AvgIpc) is 2.46. The Labute approximate surface area is 119 Å². The van der Waals surface area contributed by atoms with Crippen molar-refractivity contribution in [2.75, 3.05) is 33.2 Å². The maximum Gasteiger partial charge on any atom is 0.161 e. The first kappa shape index (κ1) is 14.2. The Hall–Kier alpha value is -1.19. The summed E-state index contributed by atoms with van der Waals surface area (Å²) in [5, 5.41) is 0. The molecule has 0 amide bonds. The molecule has 0 aromatic heterocycles. The van der Waals surface area contributed by atoms with Crippen LogP contribution in [0.1, 0.15) is 11.1 Å². The molecule has 0 saturated heterocycles. The van der Waals surface area contributed by atoms with Crippen LogP contribution in [0.3, 0.4) is 0 Å². The average molecular weight is 282 g/mol. The van der Waals surface area contributed by atoms with E-state index in [4.69, 9.17) is 21.1 Å². The van der Waals surface area contributed by atoms with Crippen molar-refractivity contribution in [3.63, 3.8) is 0 Å². The van der Waals surface area contributed by atoms with Crippen LogP contribution >= 0.6 is 11.6 Å². The zero-order chi connectivity index (χ0) is 13.7. The van der Waals surface area contributed by atoms with E-state index >= 15 is 0 Å². The molecule has 0 unspecified atom stereocenters. The van der Waals surface area contributed by atoms with E-state index in [0.29, 0.717) is 5.88 Å². The number of rotatable bonds is 5. The van der Waals surface area contributed by atoms with Gasteiger partial charge in [0, 0.05) is 25.5 Å². The molecule has 0 N–H and O–H groups in total. The minimum Gasteiger partial charge on any atom is -0.493 e. The smallest absolute Gasteiger partial charge is 0.161 e. The molecule has 4 heteroatoms. The van der Waals surface area contributed by atoms with Gasteiger partial charge in [0.2, 0.25) is 0 Å². The van der Waals surface area contributed by atoms with Gasteiger partial charge >= 0.3 is 0 Å². The van der Waals surface area contributed by atoms with E-state index in [1.54, 1.807) is 14.2 Å². The third-order valence-corrected chi connectivity index (χ3v) is 3.59. The Balaban J connectivity index is 2.13. The maximum absolute atomic E-state index is 5.64. The minimum atomic E-state index is 0.579. The minimum absolute atomic E-state index is 0.579. The summed E-state index contributed by atoms with van der Waals surface area (Å²) in [6, 6.07) is 4.19. The second-order valence-electron chi connectivity index (χ2n) is 4.59. The number of allylic oxidation sites excluding steroid dienone is 1. The molecule has 0 spiro atoms. The van der Waals surface area contributed by atoms with Gasteiger partial charge in [-0.1, -0.05) is 12.2 Å². The summed E-state index contributed by atoms with van der Waals surface area (Å²) >= 11 is 5.64. The highest BCUT2D eigenvalue weighted by atomic mass is 35.5. The van der Waals surface area contributed by atoms with Crippen LogP contribution in [0.25, 0.3) is 0 Å². The fraction of sp³-hybridized carbons (Fsp3) is 0.467. The van der Waals surface area contributed by atoms with Crippen molar-refractivity contribution in [2.24, 2.45) is 0 Å². The number of alkyl halides is 1. The third-order valence-electron chi connectivity index (χ3n) is 3.42. The van der Waals surface area contributed by atoms with Crippen LogP contribution in [0.2, 0.25) is 0 Å². The van der Waals surface area contributed by atoms with Gasteiger partial charge in [-0.05, 0) is 29.7 Å². The van der Waals surface area contributed by atoms with E-state index in [2.05, 4.69) is 23.1 Å². The van der Waals surface area contributed by atoms with E-state index in [0.717, 1.165) is 37.6 Å². The Kier molecular flexibility index (Phi) is 5.11. The van der Waals surface area contributed by atoms with Crippen LogP contribution in [0.4, 0.5) is 0 Å². The quantitative estimate of drug-likeness (QED) is 0.612. The highest BCUT2D eigenvalue weighted by Crippen LogP contribution is 2.33. The monoisotopic (exact) mass is 281 g/mol. The Bertz CT molecular complexity index is 460. The van der Waals surface area contributed by atoms with E-state index in [1.165, 1.54) is 11.1 Å². The number of hydrogen-bond donors (Lipinski definition) is 0. The first-order valence-electron chi connectivity index (χ1n) is 6.45. The van der Waals surface area contributed by atoms with Crippen molar-refractivity contribution in [3.05, 3.63) is 35.4 Å². The molecule has 1 aromatic carbocycles. The van der Waals surface area contributed by atoms with E-state index < -0.39 is 0 Å². The summed E-state index contributed by atoms with van der Waals surface area (Å²) in [6.45, 7) is 2.96. The van der Waals surface area contributed by atoms with E-state index in [-0.39, 0.29) is 0 Å². The Morgan fingerprint density at radius 1 is 1.16 bits per heavy atom. The predicted octanol–water partition coefficient (Wildman–Crippen LogP) is 2.86. The molecule has 1 aliphatic rings. The van der Waals surface area contributed by atoms with Crippen molar-refractivity contribution in [2.45, 2.75) is 13.0 Å². The molecule has 0 saturated carbocycles. The lowest BCUT2D eigenvalue weighted by atomic mass is 9.99. The van der Waals surface area contributed by atoms with Gasteiger partial charge in [0.15, 0.2) is 11.5 Å². The zero-order valence-corrected chi connectivity index (χ0v) is 12.2. The van der Waals surface area contributed by atoms with Gasteiger partial charge in [-0.3, -0.25) is 4.90 Å². The maximum atomic E-state index is 5.64. The summed E-state index contributed by atoms with van der Waals surface area (Å²) in [7, 11) is 3.35. The predicted molar refractivity (Wildman–Crippen MR) is 78.4 cm³/mol. The standard InChI is InChI=1S/C15H20ClNO2/c1-18-14-9-12-5-8-17(7-4-3-6-16)11-13(12)10-15(14)19-2/h3-4,9-10H,5-8,11H2,1-2H3. The Morgan fingerprint density at radius 3 is 2.47 bits per heavy atom. The third kappa shape index (κ3) is 3.43. The number of fused-ring (bicyclic) bond motifs is 1. The van der Waals surface area contributed by atoms with Crippen LogP contribution in [0.15, 0.2) is 24.3 Å². The lowest BCUT2D eigenvalue weighted by molar-refractivity contribution is 0.279. The van der Waals surface area contributed by atoms with Gasteiger partial charge < -0.3 is 9.47 Å². The van der Waals surface area contributed by atoms with Gasteiger partial charge in [-0.25, -0.2) is 0 Å². The molecule has 19 heavy (non-hydrogen) atoms. The molecule has 1 aromatic rings. The molecule has 0 atom stereocenters. The van der Waals surface area contributed by atoms with Crippen LogP contribution in [-0.4, -0.2) is 38.1 Å². The highest BCUT2D eigenvalue weighted by molar-refractivity contribution is 6.18. The highest BCUT2D eigenvalue weighted by Gasteiger charge is 2.18. The fourth-order valence-corrected chi connectivity index (χ4v) is 2.51. The zero-order valence-electron chi connectivity index (χ0n) is 11.5. The number of nitrogens with zero attached hydrogens (tertiary/aromatic N) is 1. The van der Waals surface area contributed by atoms with Crippen LogP contribution in [0, 0.1) is 0 Å². The summed E-state index contributed by atoms with van der Waals surface area (Å²) in [6.07, 6.45) is 5.16. The van der Waals surface area contributed by atoms with Crippen molar-refractivity contribution >= 4 is 11.6 Å². The normalized spacial score (nSPS) is 15.5. The molecule has 0 fully saturated rings. The molecular formula is C15H20ClNO2. The van der Waals surface area contributed by atoms with E-state index in [1.807, 2.05) is 6.08 Å². The van der Waals surface area contributed by atoms with Crippen molar-refractivity contribution < 1.29 is 9.47 Å². The lowest BCUT2D eigenvalue weighted by Gasteiger charge is -2.28. The van der Waals surface area contributed by atoms with Crippen molar-refractivity contribution in [1.82, 2.24) is 4.90 Å². The number of hydrogen-bond acceptors (Lipinski definition) is 3. The van der Waals surface area contributed by atoms with Crippen molar-refractivity contribution in [3.8, 4) is 11.5 Å². The second-order valence-corrected chi connectivity index (χ2v) is 4.90. The van der Waals surface area contributed by atoms with E-state index in [9.17, 15) is 0 Å². The molecule has 2 rings (SSSR count). The first-order valence-corrected chi connectivity index (χ1v) is 6.99. The summed E-state index contributed by atoms with van der Waals surface area (Å²) in [5.41, 5.74) is 2.68. The van der Waals surface area contributed by atoms with Gasteiger partial charge in [-0.2, -0.15) is 0 Å². The SMILES string of the molecule is COc1cc2c(cc1OC)CN(CC=CCCl)CC2. The van der Waals surface area contributed by atoms with Crippen LogP contribution in [0.5, 0.6) is 11.5 Å². The summed E-state index contributed by atoms with van der Waals surface area (Å²) < 4.78 is 10.7. The largest absolute Gasteiger partial charge is 0.493 e. The second kappa shape index (κ2) is 6.83. The van der Waals surface area contributed by atoms with Gasteiger partial charge in [0.05, 0.1) is 14.2 Å². The fourth-order valence-electron chi connectivity index (χ4n) is 2.38. The molecule has 1 heterocycles. The molecule has 0 radical (unpaired) electrons. The summed E-state index contributed by atoms with van der Waals surface area (Å²) in [4.78, 5) is 2.40. The molecule has 1 aliphatic heterocycles. The number of benzene rings is 1. The lowest BCUT2D eigenvalue weighted by Crippen LogP contribution is -2.30. The number of methoxy groups -OCH3 is 2. The van der Waals surface area contributed by atoms with Gasteiger partial charge in [-0.15, -0.1) is 11.6 Å². The molecule has 0 aliphatic carbocycles. The van der Waals surface area contributed by atoms with Crippen molar-refractivity contribution in [1.29, 1.82) is 0 Å². The van der Waals surface area contributed by atoms with Gasteiger partial charge in [0.25, 0.3) is 0 Å². The number of halogens is 1. The number of ether oxygens (including phenoxy) is 2. The molecule has 3 nitrogen and oxygen atoms in total. The topological polar surface area (TPSA) is 21.7 Å².